The molecule has 5 nitrogen and oxygen atoms in total. The number of rotatable bonds is 1. The lowest BCUT2D eigenvalue weighted by atomic mass is 10.2. The molecule has 0 saturated heterocycles. The lowest BCUT2D eigenvalue weighted by Crippen LogP contribution is -2.45. The van der Waals surface area contributed by atoms with Crippen molar-refractivity contribution in [2.75, 3.05) is 0 Å². The fourth-order valence-electron chi connectivity index (χ4n) is 1.84. The lowest BCUT2D eigenvalue weighted by Gasteiger charge is -2.13. The summed E-state index contributed by atoms with van der Waals surface area (Å²) in [6.07, 6.45) is -4.90. The molecule has 23 heavy (non-hydrogen) atoms. The minimum Gasteiger partial charge on any atom is -0.292 e. The number of nitrogens with zero attached hydrogens (tertiary/aromatic N) is 2. The maximum Gasteiger partial charge on any atom is 0.431 e. The molecule has 0 saturated carbocycles. The van der Waals surface area contributed by atoms with Crippen LogP contribution in [0.3, 0.4) is 0 Å². The highest BCUT2D eigenvalue weighted by Crippen LogP contribution is 2.27. The molecular formula is C13H7Cl2F3N2O3. The number of carbonyl (C=O) groups is 1. The summed E-state index contributed by atoms with van der Waals surface area (Å²) in [6.45, 7) is 0. The minimum atomic E-state index is -4.90. The van der Waals surface area contributed by atoms with Gasteiger partial charge in [0.1, 0.15) is 5.69 Å². The molecule has 122 valence electrons. The lowest BCUT2D eigenvalue weighted by molar-refractivity contribution is -0.144. The van der Waals surface area contributed by atoms with Gasteiger partial charge in [-0.2, -0.15) is 17.7 Å². The summed E-state index contributed by atoms with van der Waals surface area (Å²) >= 11 is 11.4. The highest BCUT2D eigenvalue weighted by atomic mass is 35.5. The van der Waals surface area contributed by atoms with Crippen molar-refractivity contribution >= 4 is 29.1 Å². The van der Waals surface area contributed by atoms with E-state index in [9.17, 15) is 27.6 Å². The quantitative estimate of drug-likeness (QED) is 0.779. The van der Waals surface area contributed by atoms with E-state index in [2.05, 4.69) is 0 Å². The molecule has 0 spiro atoms. The van der Waals surface area contributed by atoms with Gasteiger partial charge in [0.25, 0.3) is 11.5 Å². The maximum absolute atomic E-state index is 12.7. The van der Waals surface area contributed by atoms with E-state index in [0.717, 1.165) is 13.1 Å². The maximum atomic E-state index is 12.7. The molecule has 0 aliphatic carbocycles. The normalized spacial score (nSPS) is 11.6. The van der Waals surface area contributed by atoms with Crippen LogP contribution in [0.4, 0.5) is 13.2 Å². The Hall–Kier alpha value is -2.06. The first kappa shape index (κ1) is 17.3. The van der Waals surface area contributed by atoms with Crippen LogP contribution in [0.15, 0.2) is 33.9 Å². The van der Waals surface area contributed by atoms with E-state index in [-0.39, 0.29) is 30.8 Å². The Kier molecular flexibility index (Phi) is 4.41. The Morgan fingerprint density at radius 1 is 1.09 bits per heavy atom. The summed E-state index contributed by atoms with van der Waals surface area (Å²) in [4.78, 5) is 36.0. The second kappa shape index (κ2) is 5.86. The molecule has 0 aliphatic rings. The molecule has 0 fully saturated rings. The third-order valence-electron chi connectivity index (χ3n) is 2.98. The van der Waals surface area contributed by atoms with Crippen LogP contribution in [-0.4, -0.2) is 15.0 Å². The zero-order valence-electron chi connectivity index (χ0n) is 11.3. The number of aromatic nitrogens is 2. The van der Waals surface area contributed by atoms with E-state index < -0.39 is 29.0 Å². The summed E-state index contributed by atoms with van der Waals surface area (Å²) in [7, 11) is 0.809. The molecular weight excluding hydrogens is 360 g/mol. The third kappa shape index (κ3) is 3.18. The predicted molar refractivity (Wildman–Crippen MR) is 77.1 cm³/mol. The highest BCUT2D eigenvalue weighted by molar-refractivity contribution is 6.42. The Labute approximate surface area is 136 Å². The summed E-state index contributed by atoms with van der Waals surface area (Å²) in [5, 5.41) is 0.130. The van der Waals surface area contributed by atoms with Gasteiger partial charge in [-0.15, -0.1) is 0 Å². The molecule has 0 aliphatic heterocycles. The Bertz CT molecular complexity index is 916. The highest BCUT2D eigenvalue weighted by Gasteiger charge is 2.35. The summed E-state index contributed by atoms with van der Waals surface area (Å²) in [5.74, 6) is -1.11. The second-order valence-corrected chi connectivity index (χ2v) is 5.29. The van der Waals surface area contributed by atoms with Gasteiger partial charge < -0.3 is 0 Å². The molecule has 0 radical (unpaired) electrons. The first-order chi connectivity index (χ1) is 10.5. The van der Waals surface area contributed by atoms with Crippen LogP contribution in [0.25, 0.3) is 0 Å². The first-order valence-electron chi connectivity index (χ1n) is 5.94. The molecule has 10 heteroatoms. The van der Waals surface area contributed by atoms with Crippen LogP contribution in [0.1, 0.15) is 16.1 Å². The van der Waals surface area contributed by atoms with Crippen molar-refractivity contribution in [3.05, 3.63) is 66.4 Å². The molecule has 1 heterocycles. The van der Waals surface area contributed by atoms with Gasteiger partial charge in [0, 0.05) is 18.7 Å². The van der Waals surface area contributed by atoms with E-state index in [1.807, 2.05) is 0 Å². The molecule has 2 aromatic rings. The number of halogens is 5. The van der Waals surface area contributed by atoms with Gasteiger partial charge in [-0.05, 0) is 18.2 Å². The topological polar surface area (TPSA) is 61.1 Å². The van der Waals surface area contributed by atoms with Gasteiger partial charge in [-0.1, -0.05) is 23.2 Å². The van der Waals surface area contributed by atoms with Crippen LogP contribution in [0.2, 0.25) is 10.0 Å². The van der Waals surface area contributed by atoms with Gasteiger partial charge in [0.15, 0.2) is 0 Å². The monoisotopic (exact) mass is 366 g/mol. The molecule has 0 unspecified atom stereocenters. The van der Waals surface area contributed by atoms with Crippen molar-refractivity contribution < 1.29 is 18.0 Å². The third-order valence-corrected chi connectivity index (χ3v) is 3.72. The number of hydrogen-bond donors (Lipinski definition) is 0. The summed E-state index contributed by atoms with van der Waals surface area (Å²) in [6, 6.07) is 3.74. The molecule has 0 N–H and O–H groups in total. The minimum absolute atomic E-state index is 0.00528. The Morgan fingerprint density at radius 2 is 1.70 bits per heavy atom. The average molecular weight is 367 g/mol. The average Bonchev–Trinajstić information content (AvgIpc) is 2.44. The summed E-state index contributed by atoms with van der Waals surface area (Å²) in [5.41, 5.74) is -4.43. The standard InChI is InChI=1S/C13H7Cl2F3N2O3/c1-19-9(13(16,17)18)5-10(21)20(12(19)23)11(22)6-2-3-7(14)8(15)4-6/h2-5H,1H3. The Morgan fingerprint density at radius 3 is 2.22 bits per heavy atom. The predicted octanol–water partition coefficient (Wildman–Crippen LogP) is 2.56. The van der Waals surface area contributed by atoms with Gasteiger partial charge in [0.05, 0.1) is 10.0 Å². The molecule has 0 atom stereocenters. The van der Waals surface area contributed by atoms with E-state index in [1.54, 1.807) is 0 Å². The van der Waals surface area contributed by atoms with Crippen LogP contribution >= 0.6 is 23.2 Å². The largest absolute Gasteiger partial charge is 0.431 e. The molecule has 2 rings (SSSR count). The fourth-order valence-corrected chi connectivity index (χ4v) is 2.14. The van der Waals surface area contributed by atoms with Crippen molar-refractivity contribution in [2.45, 2.75) is 6.18 Å². The van der Waals surface area contributed by atoms with Crippen molar-refractivity contribution in [3.63, 3.8) is 0 Å². The SMILES string of the molecule is Cn1c(C(F)(F)F)cc(=O)n(C(=O)c2ccc(Cl)c(Cl)c2)c1=O. The molecule has 1 aromatic heterocycles. The number of hydrogen-bond acceptors (Lipinski definition) is 3. The van der Waals surface area contributed by atoms with Gasteiger partial charge in [0.2, 0.25) is 0 Å². The van der Waals surface area contributed by atoms with Crippen molar-refractivity contribution in [1.29, 1.82) is 0 Å². The fraction of sp³-hybridized carbons (Fsp3) is 0.154. The summed E-state index contributed by atoms with van der Waals surface area (Å²) < 4.78 is 38.5. The molecule has 1 aromatic carbocycles. The van der Waals surface area contributed by atoms with Gasteiger partial charge >= 0.3 is 11.9 Å². The first-order valence-corrected chi connectivity index (χ1v) is 6.69. The van der Waals surface area contributed by atoms with Gasteiger partial charge in [-0.3, -0.25) is 14.2 Å². The van der Waals surface area contributed by atoms with Crippen LogP contribution < -0.4 is 11.2 Å². The smallest absolute Gasteiger partial charge is 0.292 e. The van der Waals surface area contributed by atoms with Crippen LogP contribution in [-0.2, 0) is 13.2 Å². The van der Waals surface area contributed by atoms with Crippen molar-refractivity contribution in [3.8, 4) is 0 Å². The van der Waals surface area contributed by atoms with E-state index in [4.69, 9.17) is 23.2 Å². The van der Waals surface area contributed by atoms with Crippen molar-refractivity contribution in [1.82, 2.24) is 9.13 Å². The number of benzene rings is 1. The van der Waals surface area contributed by atoms with Gasteiger partial charge in [-0.25, -0.2) is 4.79 Å². The van der Waals surface area contributed by atoms with Crippen LogP contribution in [0, 0.1) is 0 Å². The van der Waals surface area contributed by atoms with Crippen LogP contribution in [0.5, 0.6) is 0 Å². The Balaban J connectivity index is 2.67. The van der Waals surface area contributed by atoms with E-state index >= 15 is 0 Å². The molecule has 0 bridgehead atoms. The molecule has 0 amide bonds. The second-order valence-electron chi connectivity index (χ2n) is 4.48. The van der Waals surface area contributed by atoms with E-state index in [0.29, 0.717) is 0 Å². The van der Waals surface area contributed by atoms with E-state index in [1.165, 1.54) is 12.1 Å². The number of carbonyl (C=O) groups excluding carboxylic acids is 1. The zero-order chi connectivity index (χ0) is 17.5. The number of alkyl halides is 3. The van der Waals surface area contributed by atoms with Crippen molar-refractivity contribution in [2.24, 2.45) is 7.05 Å². The zero-order valence-corrected chi connectivity index (χ0v) is 12.8.